The van der Waals surface area contributed by atoms with Gasteiger partial charge in [0.2, 0.25) is 0 Å². The van der Waals surface area contributed by atoms with E-state index >= 15 is 0 Å². The van der Waals surface area contributed by atoms with Crippen molar-refractivity contribution in [1.82, 2.24) is 0 Å². The summed E-state index contributed by atoms with van der Waals surface area (Å²) in [6, 6.07) is 16.7. The third-order valence-electron chi connectivity index (χ3n) is 3.21. The van der Waals surface area contributed by atoms with Crippen LogP contribution in [0.15, 0.2) is 48.5 Å². The highest BCUT2D eigenvalue weighted by atomic mass is 19.1. The molecular weight excluding hydrogens is 263 g/mol. The fourth-order valence-electron chi connectivity index (χ4n) is 1.99. The summed E-state index contributed by atoms with van der Waals surface area (Å²) in [6.45, 7) is 0.717. The molecule has 0 amide bonds. The maximum absolute atomic E-state index is 13.1. The van der Waals surface area contributed by atoms with Crippen molar-refractivity contribution >= 4 is 17.8 Å². The van der Waals surface area contributed by atoms with Gasteiger partial charge in [-0.1, -0.05) is 36.4 Å². The highest BCUT2D eigenvalue weighted by Crippen LogP contribution is 2.16. The van der Waals surface area contributed by atoms with Gasteiger partial charge in [-0.2, -0.15) is 5.26 Å². The quantitative estimate of drug-likeness (QED) is 0.761. The molecule has 0 saturated heterocycles. The van der Waals surface area contributed by atoms with Crippen LogP contribution in [0.3, 0.4) is 0 Å². The van der Waals surface area contributed by atoms with Crippen LogP contribution in [0.5, 0.6) is 0 Å². The molecule has 0 spiro atoms. The fourth-order valence-corrected chi connectivity index (χ4v) is 1.99. The molecule has 2 aromatic carbocycles. The van der Waals surface area contributed by atoms with Gasteiger partial charge in [-0.15, -0.1) is 0 Å². The van der Waals surface area contributed by atoms with Crippen molar-refractivity contribution in [2.75, 3.05) is 18.5 Å². The Bertz CT molecular complexity index is 654. The highest BCUT2D eigenvalue weighted by molar-refractivity contribution is 5.70. The molecule has 2 aromatic rings. The average Bonchev–Trinajstić information content (AvgIpc) is 2.51. The summed E-state index contributed by atoms with van der Waals surface area (Å²) in [5.74, 6) is -0.230. The summed E-state index contributed by atoms with van der Waals surface area (Å²) in [5, 5.41) is 8.59. The molecule has 2 nitrogen and oxygen atoms in total. The summed E-state index contributed by atoms with van der Waals surface area (Å²) in [4.78, 5) is 2.04. The molecule has 106 valence electrons. The van der Waals surface area contributed by atoms with Gasteiger partial charge in [0.05, 0.1) is 12.5 Å². The monoisotopic (exact) mass is 280 g/mol. The molecule has 0 bridgehead atoms. The van der Waals surface area contributed by atoms with Crippen LogP contribution in [0.1, 0.15) is 17.5 Å². The first-order valence-corrected chi connectivity index (χ1v) is 6.81. The predicted octanol–water partition coefficient (Wildman–Crippen LogP) is 4.35. The lowest BCUT2D eigenvalue weighted by Gasteiger charge is -2.17. The van der Waals surface area contributed by atoms with Crippen LogP contribution in [0, 0.1) is 17.1 Å². The van der Waals surface area contributed by atoms with Crippen LogP contribution in [-0.4, -0.2) is 13.6 Å². The fraction of sp³-hybridized carbons (Fsp3) is 0.167. The normalized spacial score (nSPS) is 10.5. The number of benzene rings is 2. The number of rotatable bonds is 5. The molecule has 0 fully saturated rings. The minimum atomic E-state index is -0.230. The second kappa shape index (κ2) is 7.25. The molecule has 0 radical (unpaired) electrons. The van der Waals surface area contributed by atoms with Crippen molar-refractivity contribution in [3.63, 3.8) is 0 Å². The summed E-state index contributed by atoms with van der Waals surface area (Å²) in [7, 11) is 1.97. The Morgan fingerprint density at radius 2 is 1.81 bits per heavy atom. The number of nitrogens with zero attached hydrogens (tertiary/aromatic N) is 2. The lowest BCUT2D eigenvalue weighted by molar-refractivity contribution is 0.627. The van der Waals surface area contributed by atoms with E-state index in [1.807, 2.05) is 54.4 Å². The van der Waals surface area contributed by atoms with Gasteiger partial charge in [0.25, 0.3) is 0 Å². The summed E-state index contributed by atoms with van der Waals surface area (Å²) < 4.78 is 13.1. The number of hydrogen-bond acceptors (Lipinski definition) is 2. The largest absolute Gasteiger partial charge is 0.374 e. The van der Waals surface area contributed by atoms with E-state index in [4.69, 9.17) is 5.26 Å². The van der Waals surface area contributed by atoms with E-state index in [1.54, 1.807) is 6.07 Å². The van der Waals surface area contributed by atoms with Crippen molar-refractivity contribution in [1.29, 1.82) is 5.26 Å². The van der Waals surface area contributed by atoms with E-state index in [-0.39, 0.29) is 5.82 Å². The summed E-state index contributed by atoms with van der Waals surface area (Å²) >= 11 is 0. The van der Waals surface area contributed by atoms with E-state index in [1.165, 1.54) is 12.1 Å². The first-order valence-electron chi connectivity index (χ1n) is 6.81. The van der Waals surface area contributed by atoms with Gasteiger partial charge in [-0.3, -0.25) is 0 Å². The standard InChI is InChI=1S/C18H17FN2/c1-21(13-3-12-20)18-10-8-15(9-11-18)6-7-16-4-2-5-17(19)14-16/h2,4-11,14H,3,13H2,1H3/b7-6+. The van der Waals surface area contributed by atoms with Gasteiger partial charge < -0.3 is 4.90 Å². The van der Waals surface area contributed by atoms with Crippen LogP contribution in [0.25, 0.3) is 12.2 Å². The zero-order chi connectivity index (χ0) is 15.1. The van der Waals surface area contributed by atoms with E-state index in [0.717, 1.165) is 23.4 Å². The third-order valence-corrected chi connectivity index (χ3v) is 3.21. The van der Waals surface area contributed by atoms with Gasteiger partial charge >= 0.3 is 0 Å². The van der Waals surface area contributed by atoms with Gasteiger partial charge in [0.15, 0.2) is 0 Å². The Morgan fingerprint density at radius 3 is 2.48 bits per heavy atom. The molecule has 0 aliphatic heterocycles. The minimum absolute atomic E-state index is 0.230. The molecule has 0 unspecified atom stereocenters. The van der Waals surface area contributed by atoms with Crippen LogP contribution in [-0.2, 0) is 0 Å². The molecule has 0 N–H and O–H groups in total. The van der Waals surface area contributed by atoms with Crippen molar-refractivity contribution < 1.29 is 4.39 Å². The second-order valence-corrected chi connectivity index (χ2v) is 4.81. The van der Waals surface area contributed by atoms with Crippen LogP contribution < -0.4 is 4.90 Å². The Hall–Kier alpha value is -2.60. The number of nitriles is 1. The number of hydrogen-bond donors (Lipinski definition) is 0. The number of halogens is 1. The predicted molar refractivity (Wildman–Crippen MR) is 85.3 cm³/mol. The first kappa shape index (κ1) is 14.8. The molecule has 2 rings (SSSR count). The Labute approximate surface area is 124 Å². The Balaban J connectivity index is 2.04. The molecule has 3 heteroatoms. The molecule has 0 aliphatic carbocycles. The number of anilines is 1. The molecule has 21 heavy (non-hydrogen) atoms. The minimum Gasteiger partial charge on any atom is -0.374 e. The highest BCUT2D eigenvalue weighted by Gasteiger charge is 1.99. The van der Waals surface area contributed by atoms with E-state index < -0.39 is 0 Å². The zero-order valence-corrected chi connectivity index (χ0v) is 12.0. The van der Waals surface area contributed by atoms with Crippen molar-refractivity contribution in [2.24, 2.45) is 0 Å². The van der Waals surface area contributed by atoms with Crippen molar-refractivity contribution in [2.45, 2.75) is 6.42 Å². The molecule has 0 aromatic heterocycles. The van der Waals surface area contributed by atoms with Crippen LogP contribution in [0.2, 0.25) is 0 Å². The van der Waals surface area contributed by atoms with E-state index in [2.05, 4.69) is 6.07 Å². The molecule has 0 heterocycles. The second-order valence-electron chi connectivity index (χ2n) is 4.81. The third kappa shape index (κ3) is 4.47. The summed E-state index contributed by atoms with van der Waals surface area (Å²) in [5.41, 5.74) is 2.97. The van der Waals surface area contributed by atoms with Gasteiger partial charge in [-0.25, -0.2) is 4.39 Å². The van der Waals surface area contributed by atoms with E-state index in [9.17, 15) is 4.39 Å². The molecule has 0 saturated carbocycles. The van der Waals surface area contributed by atoms with Crippen LogP contribution in [0.4, 0.5) is 10.1 Å². The van der Waals surface area contributed by atoms with Gasteiger partial charge in [-0.05, 0) is 35.4 Å². The maximum Gasteiger partial charge on any atom is 0.123 e. The van der Waals surface area contributed by atoms with Crippen molar-refractivity contribution in [3.8, 4) is 6.07 Å². The van der Waals surface area contributed by atoms with Crippen molar-refractivity contribution in [3.05, 3.63) is 65.5 Å². The molecular formula is C18H17FN2. The topological polar surface area (TPSA) is 27.0 Å². The maximum atomic E-state index is 13.1. The Kier molecular flexibility index (Phi) is 5.11. The summed E-state index contributed by atoms with van der Waals surface area (Å²) in [6.07, 6.45) is 4.35. The lowest BCUT2D eigenvalue weighted by Crippen LogP contribution is -2.17. The van der Waals surface area contributed by atoms with E-state index in [0.29, 0.717) is 6.42 Å². The zero-order valence-electron chi connectivity index (χ0n) is 12.0. The van der Waals surface area contributed by atoms with Gasteiger partial charge in [0.1, 0.15) is 5.82 Å². The Morgan fingerprint density at radius 1 is 1.10 bits per heavy atom. The average molecular weight is 280 g/mol. The molecule has 0 atom stereocenters. The SMILES string of the molecule is CN(CCC#N)c1ccc(/C=C/c2cccc(F)c2)cc1. The first-order chi connectivity index (χ1) is 10.2. The molecule has 0 aliphatic rings. The lowest BCUT2D eigenvalue weighted by atomic mass is 10.1. The van der Waals surface area contributed by atoms with Crippen LogP contribution >= 0.6 is 0 Å². The van der Waals surface area contributed by atoms with Gasteiger partial charge in [0, 0.05) is 19.3 Å². The smallest absolute Gasteiger partial charge is 0.123 e.